The molecule has 0 unspecified atom stereocenters. The van der Waals surface area contributed by atoms with Gasteiger partial charge in [0.2, 0.25) is 5.91 Å². The number of anilines is 1. The molecule has 0 saturated carbocycles. The predicted molar refractivity (Wildman–Crippen MR) is 88.4 cm³/mol. The summed E-state index contributed by atoms with van der Waals surface area (Å²) < 4.78 is 5.50. The highest BCUT2D eigenvalue weighted by Crippen LogP contribution is 2.25. The normalized spacial score (nSPS) is 24.7. The maximum Gasteiger partial charge on any atom is 0.222 e. The van der Waals surface area contributed by atoms with Crippen LogP contribution in [0.3, 0.4) is 0 Å². The van der Waals surface area contributed by atoms with Gasteiger partial charge in [0, 0.05) is 37.0 Å². The van der Waals surface area contributed by atoms with E-state index in [1.54, 1.807) is 0 Å². The van der Waals surface area contributed by atoms with E-state index >= 15 is 0 Å². The van der Waals surface area contributed by atoms with Gasteiger partial charge in [-0.25, -0.2) is 0 Å². The van der Waals surface area contributed by atoms with Crippen LogP contribution in [0, 0.1) is 5.92 Å². The van der Waals surface area contributed by atoms with E-state index in [9.17, 15) is 4.79 Å². The molecule has 2 atom stereocenters. The van der Waals surface area contributed by atoms with Crippen molar-refractivity contribution in [3.8, 4) is 0 Å². The third-order valence-corrected chi connectivity index (χ3v) is 4.75. The summed E-state index contributed by atoms with van der Waals surface area (Å²) in [6, 6.07) is 7.96. The zero-order valence-corrected chi connectivity index (χ0v) is 13.5. The number of halogens is 1. The Morgan fingerprint density at radius 2 is 2.14 bits per heavy atom. The van der Waals surface area contributed by atoms with Crippen LogP contribution in [0.2, 0.25) is 5.02 Å². The van der Waals surface area contributed by atoms with Gasteiger partial charge in [0.1, 0.15) is 0 Å². The van der Waals surface area contributed by atoms with Crippen LogP contribution in [0.4, 0.5) is 5.69 Å². The highest BCUT2D eigenvalue weighted by Gasteiger charge is 2.24. The van der Waals surface area contributed by atoms with E-state index in [-0.39, 0.29) is 12.0 Å². The van der Waals surface area contributed by atoms with Crippen LogP contribution < -0.4 is 10.2 Å². The van der Waals surface area contributed by atoms with Gasteiger partial charge in [0.05, 0.1) is 12.5 Å². The molecular weight excluding hydrogens is 300 g/mol. The number of benzene rings is 1. The molecule has 0 aliphatic carbocycles. The van der Waals surface area contributed by atoms with Crippen LogP contribution in [0.1, 0.15) is 25.7 Å². The van der Waals surface area contributed by atoms with Gasteiger partial charge in [-0.3, -0.25) is 4.79 Å². The molecule has 0 spiro atoms. The summed E-state index contributed by atoms with van der Waals surface area (Å²) in [5.41, 5.74) is 1.21. The van der Waals surface area contributed by atoms with Crippen LogP contribution in [0.25, 0.3) is 0 Å². The molecule has 120 valence electrons. The number of amides is 1. The van der Waals surface area contributed by atoms with Crippen molar-refractivity contribution in [1.82, 2.24) is 5.32 Å². The molecule has 2 aliphatic heterocycles. The summed E-state index contributed by atoms with van der Waals surface area (Å²) in [5, 5.41) is 3.83. The molecule has 22 heavy (non-hydrogen) atoms. The van der Waals surface area contributed by atoms with Crippen molar-refractivity contribution in [2.75, 3.05) is 31.1 Å². The van der Waals surface area contributed by atoms with Crippen molar-refractivity contribution in [3.63, 3.8) is 0 Å². The first-order valence-electron chi connectivity index (χ1n) is 8.09. The van der Waals surface area contributed by atoms with E-state index in [0.29, 0.717) is 12.3 Å². The van der Waals surface area contributed by atoms with Crippen molar-refractivity contribution >= 4 is 23.2 Å². The van der Waals surface area contributed by atoms with Crippen molar-refractivity contribution in [2.24, 2.45) is 5.92 Å². The maximum absolute atomic E-state index is 11.9. The fourth-order valence-electron chi connectivity index (χ4n) is 3.23. The molecule has 1 amide bonds. The van der Waals surface area contributed by atoms with Gasteiger partial charge < -0.3 is 15.0 Å². The molecule has 1 aromatic carbocycles. The van der Waals surface area contributed by atoms with E-state index in [0.717, 1.165) is 50.5 Å². The molecular formula is C17H23ClN2O2. The van der Waals surface area contributed by atoms with Crippen LogP contribution in [-0.2, 0) is 9.53 Å². The summed E-state index contributed by atoms with van der Waals surface area (Å²) in [4.78, 5) is 14.3. The van der Waals surface area contributed by atoms with Gasteiger partial charge in [-0.2, -0.15) is 0 Å². The van der Waals surface area contributed by atoms with E-state index in [1.165, 1.54) is 5.69 Å². The number of carbonyl (C=O) groups is 1. The Hall–Kier alpha value is -1.26. The Balaban J connectivity index is 1.41. The van der Waals surface area contributed by atoms with Gasteiger partial charge in [-0.05, 0) is 49.4 Å². The number of hydrogen-bond acceptors (Lipinski definition) is 3. The molecule has 0 bridgehead atoms. The molecule has 2 fully saturated rings. The molecule has 0 aromatic heterocycles. The van der Waals surface area contributed by atoms with E-state index < -0.39 is 0 Å². The van der Waals surface area contributed by atoms with Gasteiger partial charge in [0.25, 0.3) is 0 Å². The minimum absolute atomic E-state index is 0.122. The Morgan fingerprint density at radius 1 is 1.32 bits per heavy atom. The van der Waals surface area contributed by atoms with Gasteiger partial charge in [-0.1, -0.05) is 11.6 Å². The SMILES string of the molecule is O=C(C[C@@H]1CCCO1)NC[C@H]1CCN(c2ccc(Cl)cc2)C1. The number of nitrogens with one attached hydrogen (secondary N) is 1. The lowest BCUT2D eigenvalue weighted by Gasteiger charge is -2.19. The molecule has 1 aromatic rings. The highest BCUT2D eigenvalue weighted by molar-refractivity contribution is 6.30. The second-order valence-corrected chi connectivity index (χ2v) is 6.66. The summed E-state index contributed by atoms with van der Waals surface area (Å²) in [6.07, 6.45) is 3.85. The van der Waals surface area contributed by atoms with Crippen LogP contribution in [-0.4, -0.2) is 38.3 Å². The third-order valence-electron chi connectivity index (χ3n) is 4.50. The minimum atomic E-state index is 0.122. The van der Waals surface area contributed by atoms with E-state index in [2.05, 4.69) is 22.3 Å². The van der Waals surface area contributed by atoms with Crippen LogP contribution in [0.15, 0.2) is 24.3 Å². The smallest absolute Gasteiger partial charge is 0.222 e. The number of hydrogen-bond donors (Lipinski definition) is 1. The second-order valence-electron chi connectivity index (χ2n) is 6.22. The minimum Gasteiger partial charge on any atom is -0.378 e. The summed E-state index contributed by atoms with van der Waals surface area (Å²) in [7, 11) is 0. The number of nitrogens with zero attached hydrogens (tertiary/aromatic N) is 1. The molecule has 2 saturated heterocycles. The first kappa shape index (κ1) is 15.6. The quantitative estimate of drug-likeness (QED) is 0.906. The molecule has 3 rings (SSSR count). The molecule has 4 nitrogen and oxygen atoms in total. The Morgan fingerprint density at radius 3 is 2.86 bits per heavy atom. The van der Waals surface area contributed by atoms with Gasteiger partial charge >= 0.3 is 0 Å². The Labute approximate surface area is 136 Å². The fraction of sp³-hybridized carbons (Fsp3) is 0.588. The fourth-order valence-corrected chi connectivity index (χ4v) is 3.35. The molecule has 2 aliphatic rings. The van der Waals surface area contributed by atoms with Crippen molar-refractivity contribution < 1.29 is 9.53 Å². The Bertz CT molecular complexity index is 500. The number of ether oxygens (including phenoxy) is 1. The first-order chi connectivity index (χ1) is 10.7. The molecule has 0 radical (unpaired) electrons. The number of carbonyl (C=O) groups excluding carboxylic acids is 1. The van der Waals surface area contributed by atoms with E-state index in [4.69, 9.17) is 16.3 Å². The highest BCUT2D eigenvalue weighted by atomic mass is 35.5. The van der Waals surface area contributed by atoms with Crippen molar-refractivity contribution in [2.45, 2.75) is 31.8 Å². The lowest BCUT2D eigenvalue weighted by molar-refractivity contribution is -0.123. The first-order valence-corrected chi connectivity index (χ1v) is 8.47. The average Bonchev–Trinajstić information content (AvgIpc) is 3.17. The topological polar surface area (TPSA) is 41.6 Å². The zero-order valence-electron chi connectivity index (χ0n) is 12.8. The van der Waals surface area contributed by atoms with Gasteiger partial charge in [0.15, 0.2) is 0 Å². The summed E-state index contributed by atoms with van der Waals surface area (Å²) >= 11 is 5.93. The molecule has 1 N–H and O–H groups in total. The lowest BCUT2D eigenvalue weighted by atomic mass is 10.1. The predicted octanol–water partition coefficient (Wildman–Crippen LogP) is 2.85. The second kappa shape index (κ2) is 7.34. The molecule has 5 heteroatoms. The van der Waals surface area contributed by atoms with Crippen LogP contribution in [0.5, 0.6) is 0 Å². The molecule has 2 heterocycles. The summed E-state index contributed by atoms with van der Waals surface area (Å²) in [5.74, 6) is 0.640. The maximum atomic E-state index is 11.9. The van der Waals surface area contributed by atoms with Crippen molar-refractivity contribution in [1.29, 1.82) is 0 Å². The number of rotatable bonds is 5. The zero-order chi connectivity index (χ0) is 15.4. The average molecular weight is 323 g/mol. The largest absolute Gasteiger partial charge is 0.378 e. The monoisotopic (exact) mass is 322 g/mol. The van der Waals surface area contributed by atoms with Crippen molar-refractivity contribution in [3.05, 3.63) is 29.3 Å². The van der Waals surface area contributed by atoms with E-state index in [1.807, 2.05) is 12.1 Å². The van der Waals surface area contributed by atoms with Gasteiger partial charge in [-0.15, -0.1) is 0 Å². The standard InChI is InChI=1S/C17H23ClN2O2/c18-14-3-5-15(6-4-14)20-8-7-13(12-20)11-19-17(21)10-16-2-1-9-22-16/h3-6,13,16H,1-2,7-12H2,(H,19,21)/t13-,16+/m1/s1. The lowest BCUT2D eigenvalue weighted by Crippen LogP contribution is -2.32. The third kappa shape index (κ3) is 4.14. The van der Waals surface area contributed by atoms with Crippen LogP contribution >= 0.6 is 11.6 Å². The Kier molecular flexibility index (Phi) is 5.21. The summed E-state index contributed by atoms with van der Waals surface area (Å²) in [6.45, 7) is 3.59.